The molecule has 0 atom stereocenters. The van der Waals surface area contributed by atoms with E-state index >= 15 is 0 Å². The SMILES string of the molecule is COc1cccc(Cl)c1CNc1ccc(N)c(CC#N)c1. The molecule has 0 saturated carbocycles. The summed E-state index contributed by atoms with van der Waals surface area (Å²) in [6.45, 7) is 0.527. The number of methoxy groups -OCH3 is 1. The third kappa shape index (κ3) is 3.59. The van der Waals surface area contributed by atoms with Gasteiger partial charge in [0.2, 0.25) is 0 Å². The topological polar surface area (TPSA) is 71.1 Å². The first-order valence-electron chi connectivity index (χ1n) is 6.46. The predicted molar refractivity (Wildman–Crippen MR) is 85.5 cm³/mol. The minimum atomic E-state index is 0.288. The fourth-order valence-corrected chi connectivity index (χ4v) is 2.28. The number of hydrogen-bond acceptors (Lipinski definition) is 4. The van der Waals surface area contributed by atoms with Crippen molar-refractivity contribution in [1.82, 2.24) is 0 Å². The summed E-state index contributed by atoms with van der Waals surface area (Å²) >= 11 is 6.20. The maximum atomic E-state index is 8.79. The van der Waals surface area contributed by atoms with E-state index < -0.39 is 0 Å². The molecule has 5 heteroatoms. The molecule has 108 valence electrons. The molecule has 0 amide bonds. The van der Waals surface area contributed by atoms with Crippen molar-refractivity contribution < 1.29 is 4.74 Å². The first-order valence-corrected chi connectivity index (χ1v) is 6.84. The smallest absolute Gasteiger partial charge is 0.125 e. The van der Waals surface area contributed by atoms with Gasteiger partial charge in [0.05, 0.1) is 19.6 Å². The predicted octanol–water partition coefficient (Wildman–Crippen LogP) is 3.61. The van der Waals surface area contributed by atoms with Gasteiger partial charge in [-0.25, -0.2) is 0 Å². The highest BCUT2D eigenvalue weighted by Crippen LogP contribution is 2.27. The Balaban J connectivity index is 2.17. The molecule has 0 bridgehead atoms. The Morgan fingerprint density at radius 1 is 1.33 bits per heavy atom. The molecule has 0 radical (unpaired) electrons. The van der Waals surface area contributed by atoms with Gasteiger partial charge in [-0.15, -0.1) is 0 Å². The number of rotatable bonds is 5. The molecule has 2 rings (SSSR count). The lowest BCUT2D eigenvalue weighted by Gasteiger charge is -2.13. The van der Waals surface area contributed by atoms with Crippen molar-refractivity contribution in [2.24, 2.45) is 0 Å². The van der Waals surface area contributed by atoms with Gasteiger partial charge in [0.1, 0.15) is 5.75 Å². The van der Waals surface area contributed by atoms with E-state index in [1.165, 1.54) is 0 Å². The van der Waals surface area contributed by atoms with E-state index in [0.717, 1.165) is 22.6 Å². The molecule has 0 spiro atoms. The van der Waals surface area contributed by atoms with Crippen molar-refractivity contribution in [2.45, 2.75) is 13.0 Å². The van der Waals surface area contributed by atoms with Gasteiger partial charge < -0.3 is 15.8 Å². The summed E-state index contributed by atoms with van der Waals surface area (Å²) in [6.07, 6.45) is 0.288. The van der Waals surface area contributed by atoms with Crippen LogP contribution in [0.15, 0.2) is 36.4 Å². The molecule has 2 aromatic carbocycles. The highest BCUT2D eigenvalue weighted by Gasteiger charge is 2.08. The first kappa shape index (κ1) is 15.0. The molecule has 0 aliphatic rings. The number of halogens is 1. The van der Waals surface area contributed by atoms with Gasteiger partial charge in [-0.3, -0.25) is 0 Å². The molecule has 0 aromatic heterocycles. The quantitative estimate of drug-likeness (QED) is 0.828. The van der Waals surface area contributed by atoms with E-state index in [2.05, 4.69) is 11.4 Å². The molecule has 0 unspecified atom stereocenters. The van der Waals surface area contributed by atoms with E-state index in [4.69, 9.17) is 27.3 Å². The van der Waals surface area contributed by atoms with Gasteiger partial charge in [0.25, 0.3) is 0 Å². The summed E-state index contributed by atoms with van der Waals surface area (Å²) < 4.78 is 5.31. The number of ether oxygens (including phenoxy) is 1. The lowest BCUT2D eigenvalue weighted by Crippen LogP contribution is -2.03. The Morgan fingerprint density at radius 3 is 2.86 bits per heavy atom. The molecule has 4 nitrogen and oxygen atoms in total. The summed E-state index contributed by atoms with van der Waals surface area (Å²) in [6, 6.07) is 13.2. The summed E-state index contributed by atoms with van der Waals surface area (Å²) in [5.41, 5.74) is 9.04. The van der Waals surface area contributed by atoms with E-state index in [-0.39, 0.29) is 6.42 Å². The fourth-order valence-electron chi connectivity index (χ4n) is 2.05. The van der Waals surface area contributed by atoms with E-state index in [1.54, 1.807) is 13.2 Å². The second kappa shape index (κ2) is 6.87. The maximum Gasteiger partial charge on any atom is 0.125 e. The molecular weight excluding hydrogens is 286 g/mol. The fraction of sp³-hybridized carbons (Fsp3) is 0.188. The van der Waals surface area contributed by atoms with Gasteiger partial charge in [-0.1, -0.05) is 17.7 Å². The second-order valence-electron chi connectivity index (χ2n) is 4.52. The van der Waals surface area contributed by atoms with Gasteiger partial charge in [0.15, 0.2) is 0 Å². The molecule has 2 aromatic rings. The summed E-state index contributed by atoms with van der Waals surface area (Å²) in [5, 5.41) is 12.7. The van der Waals surface area contributed by atoms with Crippen LogP contribution < -0.4 is 15.8 Å². The van der Waals surface area contributed by atoms with E-state index in [1.807, 2.05) is 30.3 Å². The second-order valence-corrected chi connectivity index (χ2v) is 4.93. The van der Waals surface area contributed by atoms with Crippen LogP contribution in [0.5, 0.6) is 5.75 Å². The van der Waals surface area contributed by atoms with Crippen molar-refractivity contribution in [3.8, 4) is 11.8 Å². The zero-order valence-corrected chi connectivity index (χ0v) is 12.4. The van der Waals surface area contributed by atoms with Crippen molar-refractivity contribution in [1.29, 1.82) is 5.26 Å². The number of anilines is 2. The number of nitriles is 1. The first-order chi connectivity index (χ1) is 10.2. The highest BCUT2D eigenvalue weighted by molar-refractivity contribution is 6.31. The monoisotopic (exact) mass is 301 g/mol. The summed E-state index contributed by atoms with van der Waals surface area (Å²) in [4.78, 5) is 0. The minimum Gasteiger partial charge on any atom is -0.496 e. The van der Waals surface area contributed by atoms with Crippen LogP contribution in [0.25, 0.3) is 0 Å². The lowest BCUT2D eigenvalue weighted by molar-refractivity contribution is 0.410. The number of benzene rings is 2. The number of nitrogens with zero attached hydrogens (tertiary/aromatic N) is 1. The molecule has 0 aliphatic carbocycles. The summed E-state index contributed by atoms with van der Waals surface area (Å²) in [7, 11) is 1.61. The largest absolute Gasteiger partial charge is 0.496 e. The van der Waals surface area contributed by atoms with Gasteiger partial charge >= 0.3 is 0 Å². The Labute approximate surface area is 129 Å². The molecule has 3 N–H and O–H groups in total. The Kier molecular flexibility index (Phi) is 4.91. The van der Waals surface area contributed by atoms with Crippen molar-refractivity contribution in [2.75, 3.05) is 18.2 Å². The standard InChI is InChI=1S/C16H16ClN3O/c1-21-16-4-2-3-14(17)13(16)10-20-12-5-6-15(19)11(9-12)7-8-18/h2-6,9,20H,7,10,19H2,1H3. The number of hydrogen-bond donors (Lipinski definition) is 2. The number of nitrogen functional groups attached to an aromatic ring is 1. The molecule has 0 heterocycles. The lowest BCUT2D eigenvalue weighted by atomic mass is 10.1. The average molecular weight is 302 g/mol. The van der Waals surface area contributed by atoms with Crippen molar-refractivity contribution in [3.05, 3.63) is 52.5 Å². The number of nitrogens with two attached hydrogens (primary N) is 1. The highest BCUT2D eigenvalue weighted by atomic mass is 35.5. The van der Waals surface area contributed by atoms with E-state index in [0.29, 0.717) is 17.3 Å². The minimum absolute atomic E-state index is 0.288. The Hall–Kier alpha value is -2.38. The van der Waals surface area contributed by atoms with Crippen LogP contribution in [0.3, 0.4) is 0 Å². The molecular formula is C16H16ClN3O. The third-order valence-corrected chi connectivity index (χ3v) is 3.53. The molecule has 0 saturated heterocycles. The maximum absolute atomic E-state index is 8.79. The van der Waals surface area contributed by atoms with E-state index in [9.17, 15) is 0 Å². The van der Waals surface area contributed by atoms with Crippen LogP contribution in [0.2, 0.25) is 5.02 Å². The molecule has 0 aliphatic heterocycles. The van der Waals surface area contributed by atoms with Crippen molar-refractivity contribution in [3.63, 3.8) is 0 Å². The number of nitrogens with one attached hydrogen (secondary N) is 1. The van der Waals surface area contributed by atoms with Crippen LogP contribution in [-0.4, -0.2) is 7.11 Å². The van der Waals surface area contributed by atoms with Gasteiger partial charge in [0, 0.05) is 28.5 Å². The van der Waals surface area contributed by atoms with Crippen LogP contribution >= 0.6 is 11.6 Å². The normalized spacial score (nSPS) is 9.95. The zero-order chi connectivity index (χ0) is 15.2. The average Bonchev–Trinajstić information content (AvgIpc) is 2.49. The molecule has 0 fully saturated rings. The van der Waals surface area contributed by atoms with Crippen LogP contribution in [0, 0.1) is 11.3 Å². The Bertz CT molecular complexity index is 680. The van der Waals surface area contributed by atoms with Crippen LogP contribution in [0.4, 0.5) is 11.4 Å². The van der Waals surface area contributed by atoms with Crippen LogP contribution in [0.1, 0.15) is 11.1 Å². The van der Waals surface area contributed by atoms with Crippen LogP contribution in [-0.2, 0) is 13.0 Å². The third-order valence-electron chi connectivity index (χ3n) is 3.18. The molecule has 21 heavy (non-hydrogen) atoms. The van der Waals surface area contributed by atoms with Gasteiger partial charge in [-0.05, 0) is 35.9 Å². The van der Waals surface area contributed by atoms with Crippen molar-refractivity contribution >= 4 is 23.0 Å². The Morgan fingerprint density at radius 2 is 2.14 bits per heavy atom. The van der Waals surface area contributed by atoms with Gasteiger partial charge in [-0.2, -0.15) is 5.26 Å². The zero-order valence-electron chi connectivity index (χ0n) is 11.7. The summed E-state index contributed by atoms with van der Waals surface area (Å²) in [5.74, 6) is 0.739.